The molecule has 0 N–H and O–H groups in total. The number of hydrogen-bond donors (Lipinski definition) is 0. The summed E-state index contributed by atoms with van der Waals surface area (Å²) in [6.45, 7) is 2.27. The molecule has 20 heavy (non-hydrogen) atoms. The van der Waals surface area contributed by atoms with Crippen molar-refractivity contribution in [3.8, 4) is 0 Å². The molecular weight excluding hydrogens is 374 g/mol. The molecule has 0 aromatic heterocycles. The Kier molecular flexibility index (Phi) is 15.2. The molecule has 0 fully saturated rings. The van der Waals surface area contributed by atoms with E-state index in [1.54, 1.807) is 0 Å². The van der Waals surface area contributed by atoms with Crippen LogP contribution in [-0.2, 0) is 17.3 Å². The second kappa shape index (κ2) is 13.8. The van der Waals surface area contributed by atoms with E-state index >= 15 is 0 Å². The average molecular weight is 398 g/mol. The fourth-order valence-corrected chi connectivity index (χ4v) is 4.58. The van der Waals surface area contributed by atoms with Gasteiger partial charge in [-0.3, -0.25) is 0 Å². The van der Waals surface area contributed by atoms with Crippen LogP contribution in [0.5, 0.6) is 0 Å². The molecular formula is C17H24ClPRh+. The molecule has 0 amide bonds. The number of halogens is 1. The van der Waals surface area contributed by atoms with Gasteiger partial charge in [-0.2, -0.15) is 0 Å². The molecule has 0 aliphatic heterocycles. The van der Waals surface area contributed by atoms with Gasteiger partial charge in [-0.15, -0.1) is 0 Å². The van der Waals surface area contributed by atoms with Crippen molar-refractivity contribution in [3.05, 3.63) is 75.5 Å². The van der Waals surface area contributed by atoms with Crippen molar-refractivity contribution in [3.63, 3.8) is 0 Å². The molecule has 0 nitrogen and oxygen atoms in total. The van der Waals surface area contributed by atoms with E-state index in [0.29, 0.717) is 0 Å². The number of rotatable bonds is 4. The van der Waals surface area contributed by atoms with Crippen LogP contribution in [0.1, 0.15) is 13.3 Å². The van der Waals surface area contributed by atoms with Crippen LogP contribution in [0.2, 0.25) is 0 Å². The van der Waals surface area contributed by atoms with Crippen molar-refractivity contribution in [1.29, 1.82) is 0 Å². The molecule has 0 unspecified atom stereocenters. The van der Waals surface area contributed by atoms with Crippen LogP contribution in [0.15, 0.2) is 60.7 Å². The molecule has 0 saturated heterocycles. The van der Waals surface area contributed by atoms with E-state index < -0.39 is 7.92 Å². The predicted octanol–water partition coefficient (Wildman–Crippen LogP) is 4.85. The van der Waals surface area contributed by atoms with Crippen LogP contribution in [0.25, 0.3) is 0 Å². The maximum atomic E-state index is 4.53. The summed E-state index contributed by atoms with van der Waals surface area (Å²) in [6, 6.07) is 21.9. The summed E-state index contributed by atoms with van der Waals surface area (Å²) in [5, 5.41) is 3.06. The van der Waals surface area contributed by atoms with Gasteiger partial charge in [0.1, 0.15) is 0 Å². The van der Waals surface area contributed by atoms with Gasteiger partial charge in [0.2, 0.25) is 0 Å². The minimum absolute atomic E-state index is 0. The topological polar surface area (TPSA) is 0 Å². The molecule has 0 atom stereocenters. The number of benzene rings is 2. The van der Waals surface area contributed by atoms with Crippen LogP contribution < -0.4 is 10.6 Å². The Morgan fingerprint density at radius 1 is 0.800 bits per heavy atom. The summed E-state index contributed by atoms with van der Waals surface area (Å²) in [6.07, 6.45) is 2.58. The minimum atomic E-state index is -0.551. The fraction of sp³-hybridized carbons (Fsp3) is 0.176. The first-order valence-corrected chi connectivity index (χ1v) is 9.83. The molecule has 2 aromatic rings. The Labute approximate surface area is 140 Å². The van der Waals surface area contributed by atoms with Gasteiger partial charge < -0.3 is 14.9 Å². The van der Waals surface area contributed by atoms with Crippen LogP contribution in [0.4, 0.5) is 0 Å². The molecule has 3 heteroatoms. The van der Waals surface area contributed by atoms with Gasteiger partial charge in [0.15, 0.2) is 0 Å². The van der Waals surface area contributed by atoms with Crippen molar-refractivity contribution in [1.82, 2.24) is 0 Å². The van der Waals surface area contributed by atoms with E-state index in [2.05, 4.69) is 77.3 Å². The summed E-state index contributed by atoms with van der Waals surface area (Å²) in [7, 11) is 3.98. The molecule has 0 saturated carbocycles. The van der Waals surface area contributed by atoms with E-state index in [0.717, 1.165) is 0 Å². The Balaban J connectivity index is 0. The van der Waals surface area contributed by atoms with Crippen molar-refractivity contribution < 1.29 is 17.3 Å². The van der Waals surface area contributed by atoms with Gasteiger partial charge in [0, 0.05) is 0 Å². The van der Waals surface area contributed by atoms with Crippen LogP contribution in [0, 0.1) is 14.9 Å². The van der Waals surface area contributed by atoms with Crippen molar-refractivity contribution in [2.24, 2.45) is 0 Å². The third-order valence-corrected chi connectivity index (χ3v) is 5.81. The molecule has 0 radical (unpaired) electrons. The first-order valence-electron chi connectivity index (χ1n) is 6.01. The summed E-state index contributed by atoms with van der Waals surface area (Å²) in [5.41, 5.74) is 0. The zero-order valence-corrected chi connectivity index (χ0v) is 15.8. The van der Waals surface area contributed by atoms with Gasteiger partial charge in [0.25, 0.3) is 0 Å². The van der Waals surface area contributed by atoms with Gasteiger partial charge in [-0.05, 0) is 30.7 Å². The molecule has 0 aliphatic rings. The summed E-state index contributed by atoms with van der Waals surface area (Å²) >= 11 is 2.02. The van der Waals surface area contributed by atoms with E-state index in [-0.39, 0.29) is 14.9 Å². The normalized spacial score (nSPS) is 8.80. The van der Waals surface area contributed by atoms with Gasteiger partial charge in [0.05, 0.1) is 24.7 Å². The summed E-state index contributed by atoms with van der Waals surface area (Å²) in [4.78, 5) is 0. The third kappa shape index (κ3) is 6.98. The summed E-state index contributed by atoms with van der Waals surface area (Å²) < 4.78 is 0. The zero-order chi connectivity index (χ0) is 13.2. The van der Waals surface area contributed by atoms with Crippen LogP contribution in [-0.4, -0.2) is 6.16 Å². The van der Waals surface area contributed by atoms with E-state index in [1.807, 2.05) is 17.3 Å². The van der Waals surface area contributed by atoms with E-state index in [4.69, 9.17) is 0 Å². The molecule has 112 valence electrons. The second-order valence-corrected chi connectivity index (χ2v) is 6.57. The van der Waals surface area contributed by atoms with Crippen LogP contribution >= 0.6 is 17.6 Å². The molecule has 0 heterocycles. The second-order valence-electron chi connectivity index (χ2n) is 3.96. The van der Waals surface area contributed by atoms with Crippen molar-refractivity contribution >= 4 is 28.2 Å². The Morgan fingerprint density at radius 2 is 1.15 bits per heavy atom. The monoisotopic (exact) mass is 397 g/mol. The standard InChI is InChI=1S/C15H17P.2CH3.ClH.Rh/c1-2-13-16(14-9-5-3-6-10-14)15-11-7-4-8-12-15;;;;/h3-12H,2,13H2,1H3;2*1H3;1H;/q;2*-1;;+3. The fourth-order valence-electron chi connectivity index (χ4n) is 1.98. The average Bonchev–Trinajstić information content (AvgIpc) is 2.49. The molecule has 2 aromatic carbocycles. The maximum absolute atomic E-state index is 4.53. The third-order valence-electron chi connectivity index (χ3n) is 2.74. The first kappa shape index (κ1) is 22.1. The van der Waals surface area contributed by atoms with Gasteiger partial charge in [-0.1, -0.05) is 43.3 Å². The predicted molar refractivity (Wildman–Crippen MR) is 94.3 cm³/mol. The quantitative estimate of drug-likeness (QED) is 0.393. The van der Waals surface area contributed by atoms with E-state index in [1.165, 1.54) is 23.2 Å². The molecule has 0 aliphatic carbocycles. The van der Waals surface area contributed by atoms with Crippen molar-refractivity contribution in [2.75, 3.05) is 6.16 Å². The Bertz CT molecular complexity index is 380. The van der Waals surface area contributed by atoms with Crippen molar-refractivity contribution in [2.45, 2.75) is 13.3 Å². The van der Waals surface area contributed by atoms with Gasteiger partial charge >= 0.3 is 27.0 Å². The summed E-state index contributed by atoms with van der Waals surface area (Å²) in [5.74, 6) is 0. The Morgan fingerprint density at radius 3 is 1.45 bits per heavy atom. The number of hydrogen-bond acceptors (Lipinski definition) is 0. The van der Waals surface area contributed by atoms with Gasteiger partial charge in [-0.25, -0.2) is 0 Å². The zero-order valence-electron chi connectivity index (χ0n) is 12.4. The first-order chi connectivity index (χ1) is 8.92. The van der Waals surface area contributed by atoms with E-state index in [9.17, 15) is 0 Å². The molecule has 2 rings (SSSR count). The Hall–Kier alpha value is -0.217. The van der Waals surface area contributed by atoms with Crippen LogP contribution in [0.3, 0.4) is 0 Å². The molecule has 0 spiro atoms. The SMILES string of the molecule is CCC[PH+](c1ccccc1)c1ccccc1.[CH3-].[CH3-].[Cl][Rh+2]. The molecule has 0 bridgehead atoms.